The first-order valence-corrected chi connectivity index (χ1v) is 9.17. The molecule has 0 aliphatic heterocycles. The van der Waals surface area contributed by atoms with Gasteiger partial charge in [-0.3, -0.25) is 0 Å². The summed E-state index contributed by atoms with van der Waals surface area (Å²) in [5.74, 6) is 2.47. The van der Waals surface area contributed by atoms with Gasteiger partial charge in [0.25, 0.3) is 5.22 Å². The third-order valence-electron chi connectivity index (χ3n) is 3.47. The number of thiazole rings is 1. The molecule has 1 fully saturated rings. The van der Waals surface area contributed by atoms with E-state index in [4.69, 9.17) is 8.94 Å². The van der Waals surface area contributed by atoms with Crippen LogP contribution in [0.15, 0.2) is 19.5 Å². The minimum absolute atomic E-state index is 0.0233. The van der Waals surface area contributed by atoms with E-state index in [1.807, 2.05) is 19.2 Å². The first-order chi connectivity index (χ1) is 11.2. The predicted octanol–water partition coefficient (Wildman–Crippen LogP) is 3.54. The smallest absolute Gasteiger partial charge is 0.277 e. The summed E-state index contributed by atoms with van der Waals surface area (Å²) in [6.07, 6.45) is 2.87. The molecule has 1 aliphatic rings. The van der Waals surface area contributed by atoms with Crippen LogP contribution in [-0.2, 0) is 6.42 Å². The zero-order valence-electron chi connectivity index (χ0n) is 12.7. The van der Waals surface area contributed by atoms with Crippen LogP contribution >= 0.6 is 23.1 Å². The van der Waals surface area contributed by atoms with Crippen molar-refractivity contribution in [3.8, 4) is 0 Å². The third kappa shape index (κ3) is 3.45. The molecule has 1 saturated carbocycles. The van der Waals surface area contributed by atoms with Crippen molar-refractivity contribution in [2.24, 2.45) is 0 Å². The van der Waals surface area contributed by atoms with Crippen molar-refractivity contribution in [3.63, 3.8) is 0 Å². The van der Waals surface area contributed by atoms with E-state index in [9.17, 15) is 0 Å². The molecule has 9 heteroatoms. The fourth-order valence-corrected chi connectivity index (χ4v) is 3.47. The molecule has 0 saturated heterocycles. The van der Waals surface area contributed by atoms with E-state index in [1.165, 1.54) is 11.8 Å². The van der Waals surface area contributed by atoms with Crippen LogP contribution in [0.2, 0.25) is 0 Å². The zero-order chi connectivity index (χ0) is 15.8. The second kappa shape index (κ2) is 6.04. The standard InChI is InChI=1S/C14H15N5O2S2/c1-7(13-16-12(19-21-13)9-3-4-9)23-14-18-17-11(20-14)5-10-6-22-8(2)15-10/h6-7,9H,3-5H2,1-2H3. The van der Waals surface area contributed by atoms with Crippen molar-refractivity contribution in [1.82, 2.24) is 25.3 Å². The van der Waals surface area contributed by atoms with Crippen molar-refractivity contribution >= 4 is 23.1 Å². The van der Waals surface area contributed by atoms with Gasteiger partial charge in [-0.25, -0.2) is 4.98 Å². The van der Waals surface area contributed by atoms with E-state index in [0.717, 1.165) is 29.4 Å². The Morgan fingerprint density at radius 2 is 2.22 bits per heavy atom. The highest BCUT2D eigenvalue weighted by Crippen LogP contribution is 2.40. The zero-order valence-corrected chi connectivity index (χ0v) is 14.4. The van der Waals surface area contributed by atoms with E-state index in [1.54, 1.807) is 11.3 Å². The van der Waals surface area contributed by atoms with Crippen LogP contribution in [0.1, 0.15) is 59.2 Å². The predicted molar refractivity (Wildman–Crippen MR) is 84.5 cm³/mol. The van der Waals surface area contributed by atoms with Crippen LogP contribution in [0.25, 0.3) is 0 Å². The molecule has 4 rings (SSSR count). The Bertz CT molecular complexity index is 808. The van der Waals surface area contributed by atoms with Crippen LogP contribution in [0.5, 0.6) is 0 Å². The summed E-state index contributed by atoms with van der Waals surface area (Å²) in [7, 11) is 0. The molecule has 0 N–H and O–H groups in total. The van der Waals surface area contributed by atoms with Gasteiger partial charge in [0.15, 0.2) is 5.82 Å². The third-order valence-corrected chi connectivity index (χ3v) is 5.22. The first-order valence-electron chi connectivity index (χ1n) is 7.41. The normalized spacial score (nSPS) is 15.9. The van der Waals surface area contributed by atoms with Gasteiger partial charge in [-0.05, 0) is 26.7 Å². The van der Waals surface area contributed by atoms with Gasteiger partial charge in [-0.2, -0.15) is 4.98 Å². The molecule has 1 atom stereocenters. The van der Waals surface area contributed by atoms with Crippen molar-refractivity contribution in [2.75, 3.05) is 0 Å². The Labute approximate surface area is 140 Å². The van der Waals surface area contributed by atoms with Gasteiger partial charge in [0, 0.05) is 11.3 Å². The highest BCUT2D eigenvalue weighted by atomic mass is 32.2. The number of rotatable bonds is 6. The summed E-state index contributed by atoms with van der Waals surface area (Å²) in [4.78, 5) is 8.85. The SMILES string of the molecule is Cc1nc(Cc2nnc(SC(C)c3nc(C4CC4)no3)o2)cs1. The molecule has 0 amide bonds. The Morgan fingerprint density at radius 3 is 2.96 bits per heavy atom. The van der Waals surface area contributed by atoms with Gasteiger partial charge in [-0.15, -0.1) is 21.5 Å². The van der Waals surface area contributed by atoms with Gasteiger partial charge < -0.3 is 8.94 Å². The molecule has 3 aromatic rings. The maximum atomic E-state index is 5.67. The molecule has 3 heterocycles. The second-order valence-corrected chi connectivity index (χ2v) is 7.88. The average Bonchev–Trinajstić information content (AvgIpc) is 2.93. The largest absolute Gasteiger partial charge is 0.416 e. The number of thioether (sulfide) groups is 1. The lowest BCUT2D eigenvalue weighted by molar-refractivity contribution is 0.373. The molecular weight excluding hydrogens is 334 g/mol. The maximum absolute atomic E-state index is 5.67. The molecule has 120 valence electrons. The number of hydrogen-bond acceptors (Lipinski definition) is 9. The van der Waals surface area contributed by atoms with Gasteiger partial charge in [-0.1, -0.05) is 16.9 Å². The summed E-state index contributed by atoms with van der Waals surface area (Å²) in [6.45, 7) is 3.97. The number of aromatic nitrogens is 5. The molecule has 7 nitrogen and oxygen atoms in total. The Morgan fingerprint density at radius 1 is 1.35 bits per heavy atom. The van der Waals surface area contributed by atoms with Gasteiger partial charge in [0.2, 0.25) is 11.8 Å². The van der Waals surface area contributed by atoms with Crippen molar-refractivity contribution in [2.45, 2.75) is 49.5 Å². The molecule has 3 aromatic heterocycles. The summed E-state index contributed by atoms with van der Waals surface area (Å²) in [5.41, 5.74) is 0.951. The Hall–Kier alpha value is -1.74. The fraction of sp³-hybridized carbons (Fsp3) is 0.500. The number of hydrogen-bond donors (Lipinski definition) is 0. The lowest BCUT2D eigenvalue weighted by atomic mass is 10.3. The molecule has 1 unspecified atom stereocenters. The first kappa shape index (κ1) is 14.8. The quantitative estimate of drug-likeness (QED) is 0.624. The number of aryl methyl sites for hydroxylation is 1. The molecule has 0 radical (unpaired) electrons. The monoisotopic (exact) mass is 349 g/mol. The molecule has 0 aromatic carbocycles. The average molecular weight is 349 g/mol. The fourth-order valence-electron chi connectivity index (χ4n) is 2.12. The number of nitrogens with zero attached hydrogens (tertiary/aromatic N) is 5. The van der Waals surface area contributed by atoms with Crippen molar-refractivity contribution in [3.05, 3.63) is 33.7 Å². The van der Waals surface area contributed by atoms with E-state index in [0.29, 0.717) is 29.3 Å². The highest BCUT2D eigenvalue weighted by Gasteiger charge is 2.30. The maximum Gasteiger partial charge on any atom is 0.277 e. The molecule has 0 spiro atoms. The van der Waals surface area contributed by atoms with Crippen LogP contribution in [0.3, 0.4) is 0 Å². The lowest BCUT2D eigenvalue weighted by Crippen LogP contribution is -1.90. The van der Waals surface area contributed by atoms with E-state index in [-0.39, 0.29) is 5.25 Å². The minimum Gasteiger partial charge on any atom is -0.416 e. The van der Waals surface area contributed by atoms with Crippen LogP contribution in [-0.4, -0.2) is 25.3 Å². The molecule has 0 bridgehead atoms. The van der Waals surface area contributed by atoms with Gasteiger partial charge >= 0.3 is 0 Å². The Kier molecular flexibility index (Phi) is 3.90. The van der Waals surface area contributed by atoms with Crippen molar-refractivity contribution in [1.29, 1.82) is 0 Å². The summed E-state index contributed by atoms with van der Waals surface area (Å²) < 4.78 is 11.0. The second-order valence-electron chi connectivity index (χ2n) is 5.52. The van der Waals surface area contributed by atoms with Crippen LogP contribution in [0.4, 0.5) is 0 Å². The lowest BCUT2D eigenvalue weighted by Gasteiger charge is -2.00. The van der Waals surface area contributed by atoms with Crippen LogP contribution in [0, 0.1) is 6.92 Å². The van der Waals surface area contributed by atoms with E-state index in [2.05, 4.69) is 25.3 Å². The highest BCUT2D eigenvalue weighted by molar-refractivity contribution is 7.99. The summed E-state index contributed by atoms with van der Waals surface area (Å²) in [6, 6.07) is 0. The topological polar surface area (TPSA) is 90.7 Å². The summed E-state index contributed by atoms with van der Waals surface area (Å²) in [5, 5.41) is 15.7. The Balaban J connectivity index is 1.40. The summed E-state index contributed by atoms with van der Waals surface area (Å²) >= 11 is 3.04. The van der Waals surface area contributed by atoms with E-state index < -0.39 is 0 Å². The molecule has 1 aliphatic carbocycles. The van der Waals surface area contributed by atoms with Gasteiger partial charge in [0.1, 0.15) is 0 Å². The molecular formula is C14H15N5O2S2. The minimum atomic E-state index is -0.0233. The van der Waals surface area contributed by atoms with E-state index >= 15 is 0 Å². The molecule has 23 heavy (non-hydrogen) atoms. The van der Waals surface area contributed by atoms with Crippen molar-refractivity contribution < 1.29 is 8.94 Å². The van der Waals surface area contributed by atoms with Crippen LogP contribution < -0.4 is 0 Å². The van der Waals surface area contributed by atoms with Gasteiger partial charge in [0.05, 0.1) is 22.4 Å².